The zero-order valence-electron chi connectivity index (χ0n) is 16.6. The van der Waals surface area contributed by atoms with Gasteiger partial charge in [-0.15, -0.1) is 0 Å². The Labute approximate surface area is 169 Å². The summed E-state index contributed by atoms with van der Waals surface area (Å²) in [6.45, 7) is 3.06. The van der Waals surface area contributed by atoms with Crippen molar-refractivity contribution in [3.63, 3.8) is 0 Å². The molecule has 0 aliphatic carbocycles. The Bertz CT molecular complexity index is 1040. The van der Waals surface area contributed by atoms with Crippen LogP contribution in [0.1, 0.15) is 24.4 Å². The Balaban J connectivity index is 1.60. The molecule has 2 amide bonds. The van der Waals surface area contributed by atoms with Crippen molar-refractivity contribution in [1.29, 1.82) is 0 Å². The van der Waals surface area contributed by atoms with Crippen LogP contribution in [0.3, 0.4) is 0 Å². The number of fused-ring (bicyclic) bond motifs is 3. The van der Waals surface area contributed by atoms with Gasteiger partial charge in [-0.05, 0) is 37.6 Å². The van der Waals surface area contributed by atoms with Gasteiger partial charge >= 0.3 is 0 Å². The van der Waals surface area contributed by atoms with Gasteiger partial charge in [0.05, 0.1) is 17.5 Å². The average molecular weight is 392 g/mol. The van der Waals surface area contributed by atoms with E-state index in [9.17, 15) is 9.59 Å². The molecule has 1 atom stereocenters. The molecular weight excluding hydrogens is 368 g/mol. The van der Waals surface area contributed by atoms with E-state index in [2.05, 4.69) is 10.3 Å². The zero-order chi connectivity index (χ0) is 20.4. The predicted octanol–water partition coefficient (Wildman–Crippen LogP) is 3.30. The summed E-state index contributed by atoms with van der Waals surface area (Å²) < 4.78 is 7.01. The highest BCUT2D eigenvalue weighted by atomic mass is 16.5. The number of hydrogen-bond acceptors (Lipinski definition) is 4. The minimum Gasteiger partial charge on any atom is -0.385 e. The van der Waals surface area contributed by atoms with Crippen molar-refractivity contribution in [2.75, 3.05) is 30.5 Å². The number of methoxy groups -OCH3 is 1. The van der Waals surface area contributed by atoms with E-state index in [1.54, 1.807) is 12.0 Å². The van der Waals surface area contributed by atoms with Crippen molar-refractivity contribution in [3.05, 3.63) is 54.1 Å². The van der Waals surface area contributed by atoms with Gasteiger partial charge < -0.3 is 10.1 Å². The van der Waals surface area contributed by atoms with Crippen molar-refractivity contribution in [2.45, 2.75) is 25.8 Å². The molecule has 0 saturated carbocycles. The van der Waals surface area contributed by atoms with Crippen LogP contribution in [-0.2, 0) is 14.3 Å². The largest absolute Gasteiger partial charge is 0.385 e. The van der Waals surface area contributed by atoms with Crippen LogP contribution >= 0.6 is 0 Å². The van der Waals surface area contributed by atoms with Crippen LogP contribution in [0, 0.1) is 6.92 Å². The van der Waals surface area contributed by atoms with E-state index in [0.29, 0.717) is 25.5 Å². The van der Waals surface area contributed by atoms with E-state index in [-0.39, 0.29) is 18.2 Å². The zero-order valence-corrected chi connectivity index (χ0v) is 16.6. The second kappa shape index (κ2) is 8.05. The summed E-state index contributed by atoms with van der Waals surface area (Å²) in [4.78, 5) is 32.2. The number of benzene rings is 2. The molecule has 2 aromatic carbocycles. The Morgan fingerprint density at radius 2 is 1.93 bits per heavy atom. The summed E-state index contributed by atoms with van der Waals surface area (Å²) >= 11 is 0. The first kappa shape index (κ1) is 19.1. The standard InChI is InChI=1S/C22H24N4O3/c1-15-8-10-16(11-9-15)23-20(27)14-19-21(28)25(12-5-13-29-2)22-24-17-6-3-4-7-18(17)26(19)22/h3-4,6-11,19H,5,12-14H2,1-2H3,(H,23,27)/t19-/m1/s1. The summed E-state index contributed by atoms with van der Waals surface area (Å²) in [6.07, 6.45) is 0.759. The third-order valence-electron chi connectivity index (χ3n) is 5.13. The first-order valence-corrected chi connectivity index (χ1v) is 9.72. The minimum absolute atomic E-state index is 0.0564. The fourth-order valence-corrected chi connectivity index (χ4v) is 3.70. The van der Waals surface area contributed by atoms with Gasteiger partial charge in [0.2, 0.25) is 11.9 Å². The molecular formula is C22H24N4O3. The number of para-hydroxylation sites is 2. The number of nitrogens with one attached hydrogen (secondary N) is 1. The summed E-state index contributed by atoms with van der Waals surface area (Å²) in [7, 11) is 1.64. The van der Waals surface area contributed by atoms with Crippen LogP contribution in [0.15, 0.2) is 48.5 Å². The number of carbonyl (C=O) groups excluding carboxylic acids is 2. The van der Waals surface area contributed by atoms with E-state index in [0.717, 1.165) is 22.3 Å². The maximum Gasteiger partial charge on any atom is 0.253 e. The molecule has 1 aliphatic heterocycles. The number of imidazole rings is 1. The molecule has 3 aromatic rings. The third kappa shape index (κ3) is 3.73. The average Bonchev–Trinajstić information content (AvgIpc) is 3.20. The lowest BCUT2D eigenvalue weighted by atomic mass is 10.1. The second-order valence-corrected chi connectivity index (χ2v) is 7.24. The maximum absolute atomic E-state index is 13.1. The van der Waals surface area contributed by atoms with Crippen LogP contribution in [-0.4, -0.2) is 41.6 Å². The highest BCUT2D eigenvalue weighted by Crippen LogP contribution is 2.36. The van der Waals surface area contributed by atoms with E-state index in [1.165, 1.54) is 0 Å². The molecule has 0 radical (unpaired) electrons. The molecule has 7 heteroatoms. The van der Waals surface area contributed by atoms with Gasteiger partial charge in [0.1, 0.15) is 6.04 Å². The Hall–Kier alpha value is -3.19. The quantitative estimate of drug-likeness (QED) is 0.626. The molecule has 1 N–H and O–H groups in total. The molecule has 0 fully saturated rings. The molecule has 150 valence electrons. The van der Waals surface area contributed by atoms with E-state index in [1.807, 2.05) is 60.0 Å². The summed E-state index contributed by atoms with van der Waals surface area (Å²) in [5, 5.41) is 2.89. The Morgan fingerprint density at radius 1 is 1.17 bits per heavy atom. The van der Waals surface area contributed by atoms with Crippen molar-refractivity contribution in [1.82, 2.24) is 9.55 Å². The molecule has 1 aromatic heterocycles. The highest BCUT2D eigenvalue weighted by Gasteiger charge is 2.40. The van der Waals surface area contributed by atoms with Crippen LogP contribution in [0.5, 0.6) is 0 Å². The topological polar surface area (TPSA) is 76.5 Å². The predicted molar refractivity (Wildman–Crippen MR) is 112 cm³/mol. The smallest absolute Gasteiger partial charge is 0.253 e. The van der Waals surface area contributed by atoms with Crippen molar-refractivity contribution in [3.8, 4) is 0 Å². The molecule has 7 nitrogen and oxygen atoms in total. The van der Waals surface area contributed by atoms with Gasteiger partial charge in [0.15, 0.2) is 0 Å². The van der Waals surface area contributed by atoms with Gasteiger partial charge in [-0.1, -0.05) is 29.8 Å². The molecule has 0 bridgehead atoms. The van der Waals surface area contributed by atoms with E-state index < -0.39 is 6.04 Å². The minimum atomic E-state index is -0.606. The maximum atomic E-state index is 13.1. The number of carbonyl (C=O) groups is 2. The van der Waals surface area contributed by atoms with Crippen LogP contribution in [0.2, 0.25) is 0 Å². The molecule has 2 heterocycles. The Kier molecular flexibility index (Phi) is 5.31. The third-order valence-corrected chi connectivity index (χ3v) is 5.13. The van der Waals surface area contributed by atoms with Gasteiger partial charge in [0.25, 0.3) is 5.91 Å². The van der Waals surface area contributed by atoms with Gasteiger partial charge in [-0.2, -0.15) is 0 Å². The SMILES string of the molecule is COCCCN1C(=O)[C@@H](CC(=O)Nc2ccc(C)cc2)n2c1nc1ccccc12. The number of rotatable bonds is 7. The number of nitrogens with zero attached hydrogens (tertiary/aromatic N) is 3. The van der Waals surface area contributed by atoms with Gasteiger partial charge in [-0.25, -0.2) is 4.98 Å². The van der Waals surface area contributed by atoms with Crippen molar-refractivity contribution in [2.24, 2.45) is 0 Å². The Morgan fingerprint density at radius 3 is 2.69 bits per heavy atom. The fraction of sp³-hybridized carbons (Fsp3) is 0.318. The summed E-state index contributed by atoms with van der Waals surface area (Å²) in [6, 6.07) is 14.7. The van der Waals surface area contributed by atoms with Crippen LogP contribution in [0.4, 0.5) is 11.6 Å². The molecule has 1 aliphatic rings. The number of hydrogen-bond donors (Lipinski definition) is 1. The fourth-order valence-electron chi connectivity index (χ4n) is 3.70. The number of ether oxygens (including phenoxy) is 1. The molecule has 4 rings (SSSR count). The van der Waals surface area contributed by atoms with E-state index >= 15 is 0 Å². The highest BCUT2D eigenvalue weighted by molar-refractivity contribution is 6.05. The van der Waals surface area contributed by atoms with Crippen molar-refractivity contribution >= 4 is 34.5 Å². The second-order valence-electron chi connectivity index (χ2n) is 7.24. The lowest BCUT2D eigenvalue weighted by Crippen LogP contribution is -2.32. The molecule has 0 saturated heterocycles. The van der Waals surface area contributed by atoms with Crippen molar-refractivity contribution < 1.29 is 14.3 Å². The summed E-state index contributed by atoms with van der Waals surface area (Å²) in [5.74, 6) is 0.295. The number of aryl methyl sites for hydroxylation is 1. The van der Waals surface area contributed by atoms with Crippen LogP contribution in [0.25, 0.3) is 11.0 Å². The van der Waals surface area contributed by atoms with Gasteiger partial charge in [0, 0.05) is 25.9 Å². The molecule has 29 heavy (non-hydrogen) atoms. The normalized spacial score (nSPS) is 15.7. The van der Waals surface area contributed by atoms with Gasteiger partial charge in [-0.3, -0.25) is 19.1 Å². The number of anilines is 2. The monoisotopic (exact) mass is 392 g/mol. The molecule has 0 spiro atoms. The number of amides is 2. The first-order valence-electron chi connectivity index (χ1n) is 9.72. The summed E-state index contributed by atoms with van der Waals surface area (Å²) in [5.41, 5.74) is 3.52. The van der Waals surface area contributed by atoms with E-state index in [4.69, 9.17) is 4.74 Å². The molecule has 0 unspecified atom stereocenters. The number of aromatic nitrogens is 2. The van der Waals surface area contributed by atoms with Crippen LogP contribution < -0.4 is 10.2 Å². The first-order chi connectivity index (χ1) is 14.1. The lowest BCUT2D eigenvalue weighted by Gasteiger charge is -2.15. The lowest BCUT2D eigenvalue weighted by molar-refractivity contribution is -0.124.